The number of halogens is 1. The zero-order valence-corrected chi connectivity index (χ0v) is 17.8. The van der Waals surface area contributed by atoms with E-state index in [4.69, 9.17) is 4.52 Å². The number of aromatic nitrogens is 1. The van der Waals surface area contributed by atoms with Crippen molar-refractivity contribution in [2.45, 2.75) is 58.2 Å². The number of β-amino-alcohol motifs (C(OH)–C–C–N with tert-alkyl or cyclic N) is 1. The Morgan fingerprint density at radius 2 is 1.97 bits per heavy atom. The van der Waals surface area contributed by atoms with E-state index in [9.17, 15) is 19.1 Å². The number of aliphatic hydroxyl groups excluding tert-OH is 1. The molecule has 2 N–H and O–H groups in total. The Labute approximate surface area is 176 Å². The Hall–Kier alpha value is -2.74. The normalized spacial score (nSPS) is 20.3. The molecule has 30 heavy (non-hydrogen) atoms. The molecule has 164 valence electrons. The smallest absolute Gasteiger partial charge is 0.234 e. The number of hydrogen-bond acceptors (Lipinski definition) is 5. The molecule has 4 atom stereocenters. The molecule has 7 nitrogen and oxygen atoms in total. The van der Waals surface area contributed by atoms with E-state index < -0.39 is 6.10 Å². The third kappa shape index (κ3) is 6.13. The number of hydrogen-bond donors (Lipinski definition) is 2. The lowest BCUT2D eigenvalue weighted by atomic mass is 9.91. The molecule has 1 aromatic heterocycles. The van der Waals surface area contributed by atoms with Gasteiger partial charge < -0.3 is 19.8 Å². The molecule has 0 spiro atoms. The summed E-state index contributed by atoms with van der Waals surface area (Å²) in [6.07, 6.45) is 2.42. The average Bonchev–Trinajstić information content (AvgIpc) is 3.32. The van der Waals surface area contributed by atoms with E-state index >= 15 is 0 Å². The van der Waals surface area contributed by atoms with Gasteiger partial charge in [0.15, 0.2) is 0 Å². The minimum Gasteiger partial charge on any atom is -0.391 e. The van der Waals surface area contributed by atoms with Crippen molar-refractivity contribution >= 4 is 12.3 Å². The first kappa shape index (κ1) is 23.5. The second-order valence-electron chi connectivity index (χ2n) is 7.92. The van der Waals surface area contributed by atoms with Crippen LogP contribution in [0.1, 0.15) is 57.4 Å². The lowest BCUT2D eigenvalue weighted by Crippen LogP contribution is -2.39. The van der Waals surface area contributed by atoms with Crippen molar-refractivity contribution in [1.82, 2.24) is 15.4 Å². The third-order valence-corrected chi connectivity index (χ3v) is 5.22. The van der Waals surface area contributed by atoms with Gasteiger partial charge in [0.05, 0.1) is 18.3 Å². The number of amides is 2. The minimum absolute atomic E-state index is 0.0193. The summed E-state index contributed by atoms with van der Waals surface area (Å²) in [6.45, 7) is 8.19. The summed E-state index contributed by atoms with van der Waals surface area (Å²) >= 11 is 0. The van der Waals surface area contributed by atoms with Crippen molar-refractivity contribution in [2.75, 3.05) is 6.54 Å². The van der Waals surface area contributed by atoms with Crippen molar-refractivity contribution in [3.63, 3.8) is 0 Å². The number of benzene rings is 1. The fraction of sp³-hybridized carbons (Fsp3) is 0.500. The fourth-order valence-electron chi connectivity index (χ4n) is 3.56. The van der Waals surface area contributed by atoms with Gasteiger partial charge in [0.2, 0.25) is 12.3 Å². The molecular weight excluding hydrogens is 389 g/mol. The number of rotatable bonds is 6. The molecular formula is C22H30FN3O4. The number of nitrogens with zero attached hydrogens (tertiary/aromatic N) is 2. The number of carbonyl (C=O) groups excluding carboxylic acids is 2. The lowest BCUT2D eigenvalue weighted by Gasteiger charge is -2.27. The van der Waals surface area contributed by atoms with Crippen LogP contribution in [0.25, 0.3) is 0 Å². The minimum atomic E-state index is -0.411. The topological polar surface area (TPSA) is 95.7 Å². The maximum Gasteiger partial charge on any atom is 0.234 e. The van der Waals surface area contributed by atoms with E-state index in [2.05, 4.69) is 10.5 Å². The lowest BCUT2D eigenvalue weighted by molar-refractivity contribution is -0.135. The third-order valence-electron chi connectivity index (χ3n) is 5.22. The number of likely N-dealkylation sites (tertiary alicyclic amines) is 1. The summed E-state index contributed by atoms with van der Waals surface area (Å²) in [5.74, 6) is 0.169. The van der Waals surface area contributed by atoms with Gasteiger partial charge in [-0.25, -0.2) is 4.39 Å². The Balaban J connectivity index is 0.000000232. The first-order valence-electron chi connectivity index (χ1n) is 10.1. The zero-order chi connectivity index (χ0) is 22.3. The molecule has 1 aliphatic heterocycles. The van der Waals surface area contributed by atoms with E-state index in [1.165, 1.54) is 12.1 Å². The molecule has 1 saturated heterocycles. The second kappa shape index (κ2) is 10.9. The molecule has 1 fully saturated rings. The maximum absolute atomic E-state index is 12.6. The quantitative estimate of drug-likeness (QED) is 0.702. The van der Waals surface area contributed by atoms with Gasteiger partial charge in [-0.1, -0.05) is 31.1 Å². The molecule has 1 aliphatic rings. The first-order chi connectivity index (χ1) is 14.2. The van der Waals surface area contributed by atoms with Gasteiger partial charge in [-0.2, -0.15) is 0 Å². The fourth-order valence-corrected chi connectivity index (χ4v) is 3.56. The Kier molecular flexibility index (Phi) is 8.53. The SMILES string of the molecule is CC(C)C(C(=O)N1CC(O)CC1C)c1ccno1.CC(NC=O)c1ccc(F)cc1. The van der Waals surface area contributed by atoms with Gasteiger partial charge in [-0.05, 0) is 43.9 Å². The van der Waals surface area contributed by atoms with Crippen LogP contribution in [0.3, 0.4) is 0 Å². The molecule has 0 aliphatic carbocycles. The van der Waals surface area contributed by atoms with Crippen LogP contribution in [-0.4, -0.2) is 46.2 Å². The van der Waals surface area contributed by atoms with Crippen LogP contribution in [0.15, 0.2) is 41.1 Å². The summed E-state index contributed by atoms with van der Waals surface area (Å²) in [4.78, 5) is 24.4. The Morgan fingerprint density at radius 1 is 1.30 bits per heavy atom. The van der Waals surface area contributed by atoms with Gasteiger partial charge in [0.25, 0.3) is 0 Å². The number of carbonyl (C=O) groups is 2. The summed E-state index contributed by atoms with van der Waals surface area (Å²) in [5, 5.41) is 15.9. The monoisotopic (exact) mass is 419 g/mol. The van der Waals surface area contributed by atoms with Gasteiger partial charge in [-0.3, -0.25) is 9.59 Å². The molecule has 3 rings (SSSR count). The highest BCUT2D eigenvalue weighted by Crippen LogP contribution is 2.30. The van der Waals surface area contributed by atoms with Crippen molar-refractivity contribution in [3.05, 3.63) is 53.7 Å². The highest BCUT2D eigenvalue weighted by molar-refractivity contribution is 5.84. The van der Waals surface area contributed by atoms with Crippen LogP contribution in [0, 0.1) is 11.7 Å². The van der Waals surface area contributed by atoms with E-state index in [1.807, 2.05) is 27.7 Å². The highest BCUT2D eigenvalue weighted by atomic mass is 19.1. The summed E-state index contributed by atoms with van der Waals surface area (Å²) in [7, 11) is 0. The number of nitrogens with one attached hydrogen (secondary N) is 1. The predicted molar refractivity (Wildman–Crippen MR) is 110 cm³/mol. The van der Waals surface area contributed by atoms with Crippen molar-refractivity contribution in [1.29, 1.82) is 0 Å². The van der Waals surface area contributed by atoms with Crippen LogP contribution in [-0.2, 0) is 9.59 Å². The van der Waals surface area contributed by atoms with Crippen LogP contribution in [0.2, 0.25) is 0 Å². The Bertz CT molecular complexity index is 795. The second-order valence-corrected chi connectivity index (χ2v) is 7.92. The highest BCUT2D eigenvalue weighted by Gasteiger charge is 2.38. The zero-order valence-electron chi connectivity index (χ0n) is 17.8. The van der Waals surface area contributed by atoms with Gasteiger partial charge in [-0.15, -0.1) is 0 Å². The molecule has 2 aromatic rings. The van der Waals surface area contributed by atoms with E-state index in [1.54, 1.807) is 29.3 Å². The Morgan fingerprint density at radius 3 is 2.43 bits per heavy atom. The van der Waals surface area contributed by atoms with E-state index in [-0.39, 0.29) is 35.6 Å². The van der Waals surface area contributed by atoms with Gasteiger partial charge in [0, 0.05) is 18.7 Å². The van der Waals surface area contributed by atoms with Crippen LogP contribution >= 0.6 is 0 Å². The van der Waals surface area contributed by atoms with E-state index in [0.29, 0.717) is 25.1 Å². The molecule has 1 aromatic carbocycles. The van der Waals surface area contributed by atoms with Gasteiger partial charge in [0.1, 0.15) is 17.5 Å². The van der Waals surface area contributed by atoms with Crippen LogP contribution in [0.5, 0.6) is 0 Å². The van der Waals surface area contributed by atoms with Crippen LogP contribution in [0.4, 0.5) is 4.39 Å². The molecule has 0 saturated carbocycles. The molecule has 0 bridgehead atoms. The van der Waals surface area contributed by atoms with E-state index in [0.717, 1.165) is 5.56 Å². The predicted octanol–water partition coefficient (Wildman–Crippen LogP) is 3.03. The number of aliphatic hydroxyl groups is 1. The summed E-state index contributed by atoms with van der Waals surface area (Å²) < 4.78 is 17.6. The van der Waals surface area contributed by atoms with Crippen molar-refractivity contribution in [2.24, 2.45) is 5.92 Å². The molecule has 8 heteroatoms. The largest absolute Gasteiger partial charge is 0.391 e. The summed E-state index contributed by atoms with van der Waals surface area (Å²) in [6, 6.07) is 7.79. The average molecular weight is 419 g/mol. The molecule has 2 amide bonds. The standard InChI is InChI=1S/C13H20N2O3.C9H10FNO/c1-8(2)12(11-4-5-14-18-11)13(17)15-7-10(16)6-9(15)3;1-7(11-6-12)8-2-4-9(10)5-3-8/h4-5,8-10,12,16H,6-7H2,1-3H3;2-7H,1H3,(H,11,12). The first-order valence-corrected chi connectivity index (χ1v) is 10.1. The summed E-state index contributed by atoms with van der Waals surface area (Å²) in [5.41, 5.74) is 0.892. The van der Waals surface area contributed by atoms with Gasteiger partial charge >= 0.3 is 0 Å². The molecule has 0 radical (unpaired) electrons. The van der Waals surface area contributed by atoms with Crippen molar-refractivity contribution < 1.29 is 23.6 Å². The van der Waals surface area contributed by atoms with Crippen molar-refractivity contribution in [3.8, 4) is 0 Å². The maximum atomic E-state index is 12.6. The van der Waals surface area contributed by atoms with Crippen LogP contribution < -0.4 is 5.32 Å². The molecule has 2 heterocycles. The molecule has 4 unspecified atom stereocenters.